The Balaban J connectivity index is 3.67. The maximum absolute atomic E-state index is 7.18. The van der Waals surface area contributed by atoms with Crippen molar-refractivity contribution < 1.29 is 0 Å². The molecule has 0 aliphatic carbocycles. The number of nitrogens with one attached hydrogen (secondary N) is 1. The first kappa shape index (κ1) is 16.2. The Hall–Kier alpha value is 1.22. The number of thioether (sulfide) groups is 3. The Morgan fingerprint density at radius 3 is 2.40 bits per heavy atom. The number of thiol groups is 2. The Morgan fingerprint density at radius 2 is 1.87 bits per heavy atom. The minimum absolute atomic E-state index is 0.214. The van der Waals surface area contributed by atoms with Gasteiger partial charge in [-0.3, -0.25) is 5.41 Å². The predicted octanol–water partition coefficient (Wildman–Crippen LogP) is 2.31. The summed E-state index contributed by atoms with van der Waals surface area (Å²) in [7, 11) is 0. The Kier molecular flexibility index (Phi) is 12.6. The first-order valence-corrected chi connectivity index (χ1v) is 9.04. The fourth-order valence-corrected chi connectivity index (χ4v) is 4.54. The van der Waals surface area contributed by atoms with Crippen LogP contribution in [0.5, 0.6) is 0 Å². The van der Waals surface area contributed by atoms with Crippen LogP contribution < -0.4 is 5.73 Å². The fraction of sp³-hybridized carbons (Fsp3) is 0.875. The molecule has 0 heterocycles. The lowest BCUT2D eigenvalue weighted by molar-refractivity contribution is 1.15. The van der Waals surface area contributed by atoms with Gasteiger partial charge in [0.2, 0.25) is 0 Å². The van der Waals surface area contributed by atoms with Crippen LogP contribution in [0.3, 0.4) is 0 Å². The van der Waals surface area contributed by atoms with Crippen LogP contribution in [0.4, 0.5) is 0 Å². The largest absolute Gasteiger partial charge is 0.379 e. The highest BCUT2D eigenvalue weighted by molar-refractivity contribution is 8.14. The van der Waals surface area contributed by atoms with Crippen LogP contribution in [-0.4, -0.2) is 44.9 Å². The number of nitrogens with two attached hydrogens (primary N) is 1. The van der Waals surface area contributed by atoms with Crippen LogP contribution >= 0.6 is 60.5 Å². The van der Waals surface area contributed by atoms with Crippen LogP contribution in [0.25, 0.3) is 0 Å². The van der Waals surface area contributed by atoms with Crippen molar-refractivity contribution in [2.45, 2.75) is 5.25 Å². The van der Waals surface area contributed by atoms with E-state index in [9.17, 15) is 0 Å². The molecule has 0 aromatic carbocycles. The van der Waals surface area contributed by atoms with E-state index in [1.54, 1.807) is 0 Å². The zero-order valence-corrected chi connectivity index (χ0v) is 12.8. The van der Waals surface area contributed by atoms with Gasteiger partial charge in [0.25, 0.3) is 0 Å². The summed E-state index contributed by atoms with van der Waals surface area (Å²) < 4.78 is 0. The first-order valence-electron chi connectivity index (χ1n) is 4.58. The van der Waals surface area contributed by atoms with Crippen molar-refractivity contribution in [3.05, 3.63) is 0 Å². The topological polar surface area (TPSA) is 49.9 Å². The number of hydrogen-bond acceptors (Lipinski definition) is 6. The fourth-order valence-electron chi connectivity index (χ4n) is 0.826. The van der Waals surface area contributed by atoms with Gasteiger partial charge in [0.05, 0.1) is 0 Å². The predicted molar refractivity (Wildman–Crippen MR) is 85.6 cm³/mol. The Morgan fingerprint density at radius 1 is 1.20 bits per heavy atom. The van der Waals surface area contributed by atoms with Crippen LogP contribution in [0.15, 0.2) is 0 Å². The highest BCUT2D eigenvalue weighted by Gasteiger charge is 2.09. The summed E-state index contributed by atoms with van der Waals surface area (Å²) >= 11 is 13.6. The molecule has 0 radical (unpaired) electrons. The minimum atomic E-state index is 0.214. The molecular weight excluding hydrogens is 284 g/mol. The van der Waals surface area contributed by atoms with Gasteiger partial charge in [-0.1, -0.05) is 11.8 Å². The summed E-state index contributed by atoms with van der Waals surface area (Å²) in [5.74, 6) is 6.02. The van der Waals surface area contributed by atoms with Crippen molar-refractivity contribution in [3.63, 3.8) is 0 Å². The second-order valence-corrected chi connectivity index (χ2v) is 7.20. The van der Waals surface area contributed by atoms with Crippen molar-refractivity contribution in [2.75, 3.05) is 34.5 Å². The second kappa shape index (κ2) is 11.7. The zero-order chi connectivity index (χ0) is 11.5. The van der Waals surface area contributed by atoms with E-state index in [2.05, 4.69) is 25.3 Å². The zero-order valence-electron chi connectivity index (χ0n) is 8.52. The highest BCUT2D eigenvalue weighted by atomic mass is 32.2. The second-order valence-electron chi connectivity index (χ2n) is 2.69. The molecular formula is C8H18N2S5. The maximum atomic E-state index is 7.18. The minimum Gasteiger partial charge on any atom is -0.379 e. The molecule has 0 spiro atoms. The van der Waals surface area contributed by atoms with Gasteiger partial charge >= 0.3 is 0 Å². The number of amidine groups is 1. The Bertz CT molecular complexity index is 167. The third-order valence-electron chi connectivity index (χ3n) is 1.41. The molecule has 2 nitrogen and oxygen atoms in total. The lowest BCUT2D eigenvalue weighted by Gasteiger charge is -2.14. The van der Waals surface area contributed by atoms with E-state index in [-0.39, 0.29) is 5.17 Å². The van der Waals surface area contributed by atoms with E-state index in [1.807, 2.05) is 23.5 Å². The molecule has 0 rings (SSSR count). The van der Waals surface area contributed by atoms with Crippen LogP contribution in [-0.2, 0) is 0 Å². The summed E-state index contributed by atoms with van der Waals surface area (Å²) in [5, 5.41) is 7.95. The van der Waals surface area contributed by atoms with Gasteiger partial charge in [-0.05, 0) is 11.5 Å². The van der Waals surface area contributed by atoms with Gasteiger partial charge in [-0.15, -0.1) is 0 Å². The average Bonchev–Trinajstić information content (AvgIpc) is 2.21. The normalized spacial score (nSPS) is 12.7. The van der Waals surface area contributed by atoms with Gasteiger partial charge in [0.1, 0.15) is 0 Å². The summed E-state index contributed by atoms with van der Waals surface area (Å²) in [5.41, 5.74) is 5.33. The van der Waals surface area contributed by atoms with E-state index in [4.69, 9.17) is 11.1 Å². The first-order chi connectivity index (χ1) is 7.20. The van der Waals surface area contributed by atoms with Gasteiger partial charge in [0.15, 0.2) is 5.17 Å². The van der Waals surface area contributed by atoms with E-state index >= 15 is 0 Å². The van der Waals surface area contributed by atoms with E-state index in [0.717, 1.165) is 34.5 Å². The van der Waals surface area contributed by atoms with Crippen molar-refractivity contribution >= 4 is 65.7 Å². The molecule has 0 aromatic heterocycles. The smallest absolute Gasteiger partial charge is 0.151 e. The molecule has 0 aliphatic heterocycles. The number of rotatable bonds is 9. The van der Waals surface area contributed by atoms with Crippen LogP contribution in [0.2, 0.25) is 0 Å². The summed E-state index contributed by atoms with van der Waals surface area (Å²) in [4.78, 5) is 0. The third kappa shape index (κ3) is 11.5. The van der Waals surface area contributed by atoms with Crippen molar-refractivity contribution in [2.24, 2.45) is 5.73 Å². The molecule has 0 saturated carbocycles. The van der Waals surface area contributed by atoms with E-state index in [0.29, 0.717) is 5.25 Å². The van der Waals surface area contributed by atoms with E-state index in [1.165, 1.54) is 11.8 Å². The monoisotopic (exact) mass is 302 g/mol. The molecule has 0 fully saturated rings. The van der Waals surface area contributed by atoms with Gasteiger partial charge in [-0.25, -0.2) is 0 Å². The maximum Gasteiger partial charge on any atom is 0.151 e. The molecule has 7 heteroatoms. The molecule has 1 unspecified atom stereocenters. The van der Waals surface area contributed by atoms with Gasteiger partial charge < -0.3 is 5.73 Å². The molecule has 0 aliphatic rings. The third-order valence-corrected chi connectivity index (χ3v) is 6.14. The molecule has 0 aromatic rings. The summed E-state index contributed by atoms with van der Waals surface area (Å²) in [6.07, 6.45) is 0. The summed E-state index contributed by atoms with van der Waals surface area (Å²) in [6, 6.07) is 0. The molecule has 0 amide bonds. The molecule has 0 saturated heterocycles. The molecule has 0 bridgehead atoms. The molecule has 90 valence electrons. The number of hydrogen-bond donors (Lipinski definition) is 4. The lowest BCUT2D eigenvalue weighted by atomic mass is 10.5. The lowest BCUT2D eigenvalue weighted by Crippen LogP contribution is -2.15. The van der Waals surface area contributed by atoms with Crippen LogP contribution in [0.1, 0.15) is 0 Å². The Labute approximate surface area is 116 Å². The molecule has 1 atom stereocenters. The quantitative estimate of drug-likeness (QED) is 0.228. The molecule has 3 N–H and O–H groups in total. The van der Waals surface area contributed by atoms with Crippen LogP contribution in [0, 0.1) is 5.41 Å². The van der Waals surface area contributed by atoms with Gasteiger partial charge in [-0.2, -0.15) is 48.8 Å². The van der Waals surface area contributed by atoms with Crippen molar-refractivity contribution in [1.82, 2.24) is 0 Å². The average molecular weight is 303 g/mol. The summed E-state index contributed by atoms with van der Waals surface area (Å²) in [6.45, 7) is 0. The van der Waals surface area contributed by atoms with Crippen molar-refractivity contribution in [3.8, 4) is 0 Å². The van der Waals surface area contributed by atoms with Crippen molar-refractivity contribution in [1.29, 1.82) is 5.41 Å². The van der Waals surface area contributed by atoms with Gasteiger partial charge in [0, 0.05) is 28.3 Å². The molecule has 15 heavy (non-hydrogen) atoms. The highest BCUT2D eigenvalue weighted by Crippen LogP contribution is 2.21. The standard InChI is InChI=1S/C8H18N2S5/c9-8(10)15-6-7(14-4-2-12)5-13-3-1-11/h7,11-12H,1-6H2,(H3,9,10). The SMILES string of the molecule is N=C(N)SCC(CSCCS)SCCS. The van der Waals surface area contributed by atoms with E-state index < -0.39 is 0 Å².